The van der Waals surface area contributed by atoms with E-state index in [1.807, 2.05) is 36.4 Å². The lowest BCUT2D eigenvalue weighted by atomic mass is 9.83. The van der Waals surface area contributed by atoms with Crippen LogP contribution >= 0.6 is 0 Å². The summed E-state index contributed by atoms with van der Waals surface area (Å²) in [5.41, 5.74) is 4.33. The number of aromatic nitrogens is 6. The molecule has 7 rings (SSSR count). The minimum absolute atomic E-state index is 0.0198. The molecule has 1 N–H and O–H groups in total. The first-order chi connectivity index (χ1) is 20.1. The van der Waals surface area contributed by atoms with Gasteiger partial charge in [-0.05, 0) is 30.2 Å². The zero-order chi connectivity index (χ0) is 27.8. The zero-order valence-corrected chi connectivity index (χ0v) is 23.1. The highest BCUT2D eigenvalue weighted by Crippen LogP contribution is 2.38. The molecule has 1 saturated carbocycles. The van der Waals surface area contributed by atoms with Gasteiger partial charge in [-0.1, -0.05) is 85.6 Å². The van der Waals surface area contributed by atoms with Gasteiger partial charge >= 0.3 is 5.76 Å². The summed E-state index contributed by atoms with van der Waals surface area (Å²) in [4.78, 5) is 31.7. The average molecular weight is 552 g/mol. The minimum Gasteiger partial charge on any atom is -0.377 e. The molecule has 10 nitrogen and oxygen atoms in total. The molecule has 41 heavy (non-hydrogen) atoms. The van der Waals surface area contributed by atoms with Crippen molar-refractivity contribution in [3.63, 3.8) is 0 Å². The predicted octanol–water partition coefficient (Wildman–Crippen LogP) is 5.24. The summed E-state index contributed by atoms with van der Waals surface area (Å²) in [5.74, 6) is 1.97. The summed E-state index contributed by atoms with van der Waals surface area (Å²) >= 11 is 0. The molecule has 5 aromatic rings. The van der Waals surface area contributed by atoms with Crippen molar-refractivity contribution >= 4 is 17.1 Å². The van der Waals surface area contributed by atoms with Crippen LogP contribution in [0.3, 0.4) is 0 Å². The van der Waals surface area contributed by atoms with E-state index in [-0.39, 0.29) is 17.7 Å². The highest BCUT2D eigenvalue weighted by molar-refractivity contribution is 5.91. The maximum absolute atomic E-state index is 11.8. The lowest BCUT2D eigenvalue weighted by Crippen LogP contribution is -2.41. The maximum atomic E-state index is 11.8. The molecule has 1 aliphatic heterocycles. The normalized spacial score (nSPS) is 21.4. The Bertz CT molecular complexity index is 1690. The highest BCUT2D eigenvalue weighted by atomic mass is 16.5. The summed E-state index contributed by atoms with van der Waals surface area (Å²) < 4.78 is 13.1. The molecule has 2 fully saturated rings. The minimum atomic E-state index is -0.651. The lowest BCUT2D eigenvalue weighted by Gasteiger charge is -2.37. The monoisotopic (exact) mass is 551 g/mol. The molecule has 1 atom stereocenters. The van der Waals surface area contributed by atoms with Gasteiger partial charge in [-0.15, -0.1) is 0 Å². The van der Waals surface area contributed by atoms with Crippen LogP contribution in [0.2, 0.25) is 0 Å². The molecular weight excluding hydrogens is 518 g/mol. The van der Waals surface area contributed by atoms with Crippen LogP contribution in [0.15, 0.2) is 70.0 Å². The molecule has 2 aromatic carbocycles. The maximum Gasteiger partial charge on any atom is 0.439 e. The third kappa shape index (κ3) is 5.04. The predicted molar refractivity (Wildman–Crippen MR) is 155 cm³/mol. The smallest absolute Gasteiger partial charge is 0.377 e. The van der Waals surface area contributed by atoms with Gasteiger partial charge in [-0.25, -0.2) is 14.8 Å². The molecule has 210 valence electrons. The number of ether oxygens (including phenoxy) is 1. The first-order valence-corrected chi connectivity index (χ1v) is 14.4. The number of hydrogen-bond acceptors (Lipinski definition) is 8. The fraction of sp³-hybridized carbons (Fsp3) is 0.387. The number of nitrogens with one attached hydrogen (secondary N) is 1. The van der Waals surface area contributed by atoms with E-state index < -0.39 is 5.76 Å². The Morgan fingerprint density at radius 1 is 0.951 bits per heavy atom. The van der Waals surface area contributed by atoms with Crippen molar-refractivity contribution in [1.82, 2.24) is 29.7 Å². The fourth-order valence-electron chi connectivity index (χ4n) is 6.21. The number of benzene rings is 2. The second-order valence-corrected chi connectivity index (χ2v) is 11.2. The first-order valence-electron chi connectivity index (χ1n) is 14.4. The Kier molecular flexibility index (Phi) is 6.84. The van der Waals surface area contributed by atoms with Crippen LogP contribution in [0.5, 0.6) is 0 Å². The molecule has 1 saturated heterocycles. The van der Waals surface area contributed by atoms with Crippen molar-refractivity contribution in [2.45, 2.75) is 45.2 Å². The van der Waals surface area contributed by atoms with Crippen LogP contribution in [0.4, 0.5) is 5.95 Å². The number of nitrogens with zero attached hydrogens (tertiary/aromatic N) is 6. The van der Waals surface area contributed by atoms with Crippen molar-refractivity contribution in [1.29, 1.82) is 0 Å². The van der Waals surface area contributed by atoms with Gasteiger partial charge in [0, 0.05) is 18.7 Å². The summed E-state index contributed by atoms with van der Waals surface area (Å²) in [6.07, 6.45) is 4.85. The van der Waals surface area contributed by atoms with Gasteiger partial charge in [-0.3, -0.25) is 9.51 Å². The van der Waals surface area contributed by atoms with E-state index in [0.717, 1.165) is 35.2 Å². The Balaban J connectivity index is 1.44. The van der Waals surface area contributed by atoms with E-state index in [0.29, 0.717) is 31.3 Å². The second kappa shape index (κ2) is 10.9. The van der Waals surface area contributed by atoms with Gasteiger partial charge < -0.3 is 14.2 Å². The number of aromatic amines is 1. The summed E-state index contributed by atoms with van der Waals surface area (Å²) in [5, 5.41) is 3.87. The number of rotatable bonds is 6. The van der Waals surface area contributed by atoms with Gasteiger partial charge in [0.05, 0.1) is 19.3 Å². The van der Waals surface area contributed by atoms with E-state index in [4.69, 9.17) is 24.2 Å². The van der Waals surface area contributed by atoms with Crippen molar-refractivity contribution in [2.24, 2.45) is 11.8 Å². The number of hydrogen-bond donors (Lipinski definition) is 1. The van der Waals surface area contributed by atoms with Gasteiger partial charge in [0.15, 0.2) is 5.65 Å². The van der Waals surface area contributed by atoms with Crippen LogP contribution in [-0.4, -0.2) is 49.4 Å². The first kappa shape index (κ1) is 25.6. The molecule has 0 spiro atoms. The molecule has 10 heteroatoms. The molecule has 0 amide bonds. The van der Waals surface area contributed by atoms with E-state index in [9.17, 15) is 4.79 Å². The molecule has 3 aromatic heterocycles. The zero-order valence-electron chi connectivity index (χ0n) is 23.1. The van der Waals surface area contributed by atoms with Gasteiger partial charge in [0.2, 0.25) is 17.6 Å². The number of fused-ring (bicyclic) bond motifs is 1. The lowest BCUT2D eigenvalue weighted by molar-refractivity contribution is 0.0927. The quantitative estimate of drug-likeness (QED) is 0.305. The summed E-state index contributed by atoms with van der Waals surface area (Å²) in [6.45, 7) is 5.10. The topological polar surface area (TPSA) is 115 Å². The van der Waals surface area contributed by atoms with Crippen LogP contribution in [-0.2, 0) is 11.3 Å². The van der Waals surface area contributed by atoms with E-state index >= 15 is 0 Å². The average Bonchev–Trinajstić information content (AvgIpc) is 3.62. The van der Waals surface area contributed by atoms with E-state index in [1.165, 1.54) is 31.2 Å². The van der Waals surface area contributed by atoms with Crippen molar-refractivity contribution in [3.05, 3.63) is 76.8 Å². The fourth-order valence-corrected chi connectivity index (χ4v) is 6.21. The van der Waals surface area contributed by atoms with Gasteiger partial charge in [0.25, 0.3) is 0 Å². The third-order valence-electron chi connectivity index (χ3n) is 8.43. The number of morpholine rings is 1. The van der Waals surface area contributed by atoms with Crippen molar-refractivity contribution < 1.29 is 9.26 Å². The van der Waals surface area contributed by atoms with Crippen LogP contribution in [0.25, 0.3) is 34.1 Å². The largest absolute Gasteiger partial charge is 0.439 e. The molecule has 2 aliphatic rings. The molecule has 0 bridgehead atoms. The van der Waals surface area contributed by atoms with E-state index in [2.05, 4.69) is 50.8 Å². The second-order valence-electron chi connectivity index (χ2n) is 11.2. The molecular formula is C31H33N7O3. The van der Waals surface area contributed by atoms with Gasteiger partial charge in [0.1, 0.15) is 11.2 Å². The highest BCUT2D eigenvalue weighted by Gasteiger charge is 2.32. The number of H-pyrrole nitrogens is 1. The van der Waals surface area contributed by atoms with Crippen LogP contribution in [0.1, 0.15) is 44.2 Å². The Hall–Kier alpha value is -4.31. The van der Waals surface area contributed by atoms with Crippen molar-refractivity contribution in [2.75, 3.05) is 24.7 Å². The Labute approximate surface area is 237 Å². The van der Waals surface area contributed by atoms with Crippen molar-refractivity contribution in [3.8, 4) is 22.9 Å². The number of anilines is 1. The Morgan fingerprint density at radius 2 is 1.71 bits per heavy atom. The summed E-state index contributed by atoms with van der Waals surface area (Å²) in [6, 6.07) is 20.6. The Morgan fingerprint density at radius 3 is 2.44 bits per heavy atom. The SMILES string of the molecule is C[C@H]1CC[C@H](Cn2c(N3CCOC[C@H]3c3ccccc3)nc3nc(-c4noc(=O)[nH]4)nc(-c4ccccc4)c32)CC1. The third-order valence-corrected chi connectivity index (χ3v) is 8.43. The van der Waals surface area contributed by atoms with E-state index in [1.54, 1.807) is 0 Å². The molecule has 1 aliphatic carbocycles. The summed E-state index contributed by atoms with van der Waals surface area (Å²) in [7, 11) is 0. The number of imidazole rings is 1. The van der Waals surface area contributed by atoms with Crippen LogP contribution in [0, 0.1) is 11.8 Å². The molecule has 0 radical (unpaired) electrons. The van der Waals surface area contributed by atoms with Gasteiger partial charge in [-0.2, -0.15) is 4.98 Å². The standard InChI is InChI=1S/C31H33N7O3/c1-20-12-14-21(15-13-20)18-38-26-25(23-10-6-3-7-11-23)32-28(29-35-31(39)41-36-29)33-27(26)34-30(38)37-16-17-40-19-24(37)22-8-4-2-5-9-22/h2-11,20-21,24H,12-19H2,1H3,(H,35,36,39)/t20-,21-,24-/m0/s1. The van der Waals surface area contributed by atoms with Crippen LogP contribution < -0.4 is 10.7 Å². The molecule has 0 unspecified atom stereocenters. The molecule has 4 heterocycles.